The Morgan fingerprint density at radius 1 is 1.19 bits per heavy atom. The van der Waals surface area contributed by atoms with Crippen LogP contribution in [0.15, 0.2) is 0 Å². The van der Waals surface area contributed by atoms with Crippen molar-refractivity contribution < 1.29 is 23.1 Å². The lowest BCUT2D eigenvalue weighted by atomic mass is 9.88. The third-order valence-corrected chi connectivity index (χ3v) is 4.66. The Morgan fingerprint density at radius 2 is 1.81 bits per heavy atom. The topological polar surface area (TPSA) is 92.7 Å². The maximum Gasteiger partial charge on any atom is 0.303 e. The summed E-state index contributed by atoms with van der Waals surface area (Å²) in [7, 11) is -3.32. The van der Waals surface area contributed by atoms with Gasteiger partial charge in [-0.05, 0) is 38.5 Å². The van der Waals surface area contributed by atoms with Crippen molar-refractivity contribution in [3.8, 4) is 0 Å². The van der Waals surface area contributed by atoms with Gasteiger partial charge in [0.25, 0.3) is 0 Å². The standard InChI is InChI=1S/C14H29NO5S/c1-11(2)13(5-6-14(16)17)7-8-15-21(18,19)10-9-20-12(3)4/h11-13,15H,5-10H2,1-4H3,(H,16,17). The van der Waals surface area contributed by atoms with E-state index in [9.17, 15) is 13.2 Å². The molecule has 0 amide bonds. The molecule has 126 valence electrons. The van der Waals surface area contributed by atoms with E-state index in [-0.39, 0.29) is 30.8 Å². The van der Waals surface area contributed by atoms with E-state index in [2.05, 4.69) is 4.72 Å². The Bertz CT molecular complexity index is 392. The van der Waals surface area contributed by atoms with Gasteiger partial charge in [0.05, 0.1) is 18.5 Å². The average Bonchev–Trinajstić information content (AvgIpc) is 2.31. The number of carbonyl (C=O) groups is 1. The van der Waals surface area contributed by atoms with Crippen molar-refractivity contribution in [3.05, 3.63) is 0 Å². The minimum Gasteiger partial charge on any atom is -0.481 e. The quantitative estimate of drug-likeness (QED) is 0.572. The lowest BCUT2D eigenvalue weighted by Gasteiger charge is -2.20. The van der Waals surface area contributed by atoms with E-state index in [1.807, 2.05) is 27.7 Å². The molecule has 0 saturated heterocycles. The second-order valence-electron chi connectivity index (χ2n) is 5.86. The maximum atomic E-state index is 11.7. The summed E-state index contributed by atoms with van der Waals surface area (Å²) in [6.07, 6.45) is 1.36. The van der Waals surface area contributed by atoms with Gasteiger partial charge in [-0.1, -0.05) is 13.8 Å². The minimum absolute atomic E-state index is 0.0153. The summed E-state index contributed by atoms with van der Waals surface area (Å²) in [5.41, 5.74) is 0. The number of carboxylic acids is 1. The van der Waals surface area contributed by atoms with Crippen LogP contribution < -0.4 is 4.72 Å². The minimum atomic E-state index is -3.32. The first-order valence-electron chi connectivity index (χ1n) is 7.44. The Kier molecular flexibility index (Phi) is 9.81. The number of nitrogens with one attached hydrogen (secondary N) is 1. The molecule has 0 radical (unpaired) electrons. The molecule has 1 atom stereocenters. The molecule has 7 heteroatoms. The molecule has 1 unspecified atom stereocenters. The lowest BCUT2D eigenvalue weighted by molar-refractivity contribution is -0.137. The van der Waals surface area contributed by atoms with Crippen LogP contribution in [0.2, 0.25) is 0 Å². The number of hydrogen-bond acceptors (Lipinski definition) is 4. The second kappa shape index (κ2) is 10.1. The molecule has 0 bridgehead atoms. The highest BCUT2D eigenvalue weighted by molar-refractivity contribution is 7.89. The van der Waals surface area contributed by atoms with E-state index < -0.39 is 16.0 Å². The molecule has 0 aliphatic carbocycles. The Balaban J connectivity index is 4.09. The smallest absolute Gasteiger partial charge is 0.303 e. The van der Waals surface area contributed by atoms with E-state index >= 15 is 0 Å². The zero-order chi connectivity index (χ0) is 16.5. The van der Waals surface area contributed by atoms with Gasteiger partial charge in [-0.25, -0.2) is 13.1 Å². The summed E-state index contributed by atoms with van der Waals surface area (Å²) in [6, 6.07) is 0. The van der Waals surface area contributed by atoms with Gasteiger partial charge in [0.1, 0.15) is 0 Å². The van der Waals surface area contributed by atoms with Gasteiger partial charge >= 0.3 is 5.97 Å². The van der Waals surface area contributed by atoms with Gasteiger partial charge in [-0.3, -0.25) is 4.79 Å². The van der Waals surface area contributed by atoms with E-state index in [1.165, 1.54) is 0 Å². The summed E-state index contributed by atoms with van der Waals surface area (Å²) in [5.74, 6) is -0.326. The van der Waals surface area contributed by atoms with Crippen LogP contribution in [0.25, 0.3) is 0 Å². The van der Waals surface area contributed by atoms with Gasteiger partial charge in [-0.2, -0.15) is 0 Å². The summed E-state index contributed by atoms with van der Waals surface area (Å²) < 4.78 is 31.3. The predicted octanol–water partition coefficient (Wildman–Crippen LogP) is 1.86. The van der Waals surface area contributed by atoms with Gasteiger partial charge in [0.15, 0.2) is 0 Å². The molecule has 0 aliphatic heterocycles. The molecule has 0 rings (SSSR count). The molecule has 0 aromatic heterocycles. The number of rotatable bonds is 12. The SMILES string of the molecule is CC(C)OCCS(=O)(=O)NCCC(CCC(=O)O)C(C)C. The lowest BCUT2D eigenvalue weighted by Crippen LogP contribution is -2.31. The fourth-order valence-corrected chi connectivity index (χ4v) is 2.87. The molecule has 21 heavy (non-hydrogen) atoms. The fourth-order valence-electron chi connectivity index (χ4n) is 1.99. The molecule has 0 aliphatic rings. The zero-order valence-electron chi connectivity index (χ0n) is 13.5. The molecule has 0 aromatic carbocycles. The van der Waals surface area contributed by atoms with Crippen molar-refractivity contribution in [3.63, 3.8) is 0 Å². The summed E-state index contributed by atoms with van der Waals surface area (Å²) in [4.78, 5) is 10.6. The first-order valence-corrected chi connectivity index (χ1v) is 9.10. The molecule has 6 nitrogen and oxygen atoms in total. The van der Waals surface area contributed by atoms with Crippen LogP contribution in [0.5, 0.6) is 0 Å². The first-order chi connectivity index (χ1) is 9.64. The Labute approximate surface area is 128 Å². The molecule has 0 fully saturated rings. The third-order valence-electron chi connectivity index (χ3n) is 3.31. The van der Waals surface area contributed by atoms with Gasteiger partial charge in [0.2, 0.25) is 10.0 Å². The maximum absolute atomic E-state index is 11.7. The highest BCUT2D eigenvalue weighted by Crippen LogP contribution is 2.20. The highest BCUT2D eigenvalue weighted by Gasteiger charge is 2.16. The zero-order valence-corrected chi connectivity index (χ0v) is 14.3. The van der Waals surface area contributed by atoms with Crippen LogP contribution in [0, 0.1) is 11.8 Å². The van der Waals surface area contributed by atoms with E-state index in [0.717, 1.165) is 0 Å². The van der Waals surface area contributed by atoms with Gasteiger partial charge in [-0.15, -0.1) is 0 Å². The highest BCUT2D eigenvalue weighted by atomic mass is 32.2. The van der Waals surface area contributed by atoms with Crippen LogP contribution in [0.4, 0.5) is 0 Å². The van der Waals surface area contributed by atoms with E-state index in [0.29, 0.717) is 25.3 Å². The van der Waals surface area contributed by atoms with Crippen LogP contribution in [0.3, 0.4) is 0 Å². The second-order valence-corrected chi connectivity index (χ2v) is 7.78. The Hall–Kier alpha value is -0.660. The van der Waals surface area contributed by atoms with Crippen LogP contribution in [-0.2, 0) is 19.6 Å². The molecule has 2 N–H and O–H groups in total. The van der Waals surface area contributed by atoms with E-state index in [1.54, 1.807) is 0 Å². The van der Waals surface area contributed by atoms with Crippen molar-refractivity contribution in [2.45, 2.75) is 53.1 Å². The van der Waals surface area contributed by atoms with Gasteiger partial charge in [0, 0.05) is 13.0 Å². The number of hydrogen-bond donors (Lipinski definition) is 2. The molecular weight excluding hydrogens is 294 g/mol. The third kappa shape index (κ3) is 11.7. The molecule has 0 saturated carbocycles. The number of aliphatic carboxylic acids is 1. The normalized spacial score (nSPS) is 13.8. The van der Waals surface area contributed by atoms with Crippen molar-refractivity contribution >= 4 is 16.0 Å². The largest absolute Gasteiger partial charge is 0.481 e. The van der Waals surface area contributed by atoms with Crippen LogP contribution >= 0.6 is 0 Å². The molecule has 0 spiro atoms. The van der Waals surface area contributed by atoms with Crippen LogP contribution in [0.1, 0.15) is 47.0 Å². The van der Waals surface area contributed by atoms with Crippen molar-refractivity contribution in [2.75, 3.05) is 18.9 Å². The number of carboxylic acid groups (broad SMARTS) is 1. The van der Waals surface area contributed by atoms with Crippen molar-refractivity contribution in [1.82, 2.24) is 4.72 Å². The van der Waals surface area contributed by atoms with Crippen molar-refractivity contribution in [2.24, 2.45) is 11.8 Å². The Morgan fingerprint density at radius 3 is 2.29 bits per heavy atom. The first kappa shape index (κ1) is 20.3. The summed E-state index contributed by atoms with van der Waals surface area (Å²) in [6.45, 7) is 8.28. The van der Waals surface area contributed by atoms with E-state index in [4.69, 9.17) is 9.84 Å². The number of ether oxygens (including phenoxy) is 1. The fraction of sp³-hybridized carbons (Fsp3) is 0.929. The molecule has 0 aromatic rings. The average molecular weight is 323 g/mol. The summed E-state index contributed by atoms with van der Waals surface area (Å²) in [5, 5.41) is 8.72. The monoisotopic (exact) mass is 323 g/mol. The summed E-state index contributed by atoms with van der Waals surface area (Å²) >= 11 is 0. The van der Waals surface area contributed by atoms with Gasteiger partial charge < -0.3 is 9.84 Å². The van der Waals surface area contributed by atoms with Crippen LogP contribution in [-0.4, -0.2) is 44.5 Å². The molecule has 0 heterocycles. The van der Waals surface area contributed by atoms with Crippen molar-refractivity contribution in [1.29, 1.82) is 0 Å². The predicted molar refractivity (Wildman–Crippen MR) is 82.7 cm³/mol. The number of sulfonamides is 1. The molecular formula is C14H29NO5S.